The maximum absolute atomic E-state index is 11.6. The molecule has 0 aliphatic heterocycles. The molecule has 2 aromatic heterocycles. The van der Waals surface area contributed by atoms with Gasteiger partial charge in [0.25, 0.3) is 0 Å². The van der Waals surface area contributed by atoms with E-state index < -0.39 is 0 Å². The van der Waals surface area contributed by atoms with E-state index in [1.165, 1.54) is 30.6 Å². The number of hydrogen-bond acceptors (Lipinski definition) is 5. The number of carbonyl (C=O) groups excluding carboxylic acids is 2. The van der Waals surface area contributed by atoms with E-state index >= 15 is 0 Å². The molecular weight excluding hydrogens is 300 g/mol. The minimum Gasteiger partial charge on any atom is -0.466 e. The van der Waals surface area contributed by atoms with Crippen molar-refractivity contribution < 1.29 is 14.3 Å². The molecule has 2 aromatic rings. The molecule has 22 heavy (non-hydrogen) atoms. The van der Waals surface area contributed by atoms with Crippen LogP contribution in [0.15, 0.2) is 6.20 Å². The summed E-state index contributed by atoms with van der Waals surface area (Å²) in [5.41, 5.74) is 1.58. The van der Waals surface area contributed by atoms with Gasteiger partial charge in [0.05, 0.1) is 18.7 Å². The van der Waals surface area contributed by atoms with Crippen LogP contribution in [0.4, 0.5) is 0 Å². The van der Waals surface area contributed by atoms with Crippen LogP contribution in [0.25, 0.3) is 4.96 Å². The van der Waals surface area contributed by atoms with Gasteiger partial charge >= 0.3 is 5.97 Å². The van der Waals surface area contributed by atoms with Crippen molar-refractivity contribution in [3.8, 4) is 0 Å². The first-order chi connectivity index (χ1) is 10.7. The number of esters is 1. The van der Waals surface area contributed by atoms with Gasteiger partial charge in [-0.05, 0) is 19.8 Å². The van der Waals surface area contributed by atoms with E-state index in [0.717, 1.165) is 34.7 Å². The summed E-state index contributed by atoms with van der Waals surface area (Å²) in [5, 5.41) is 0. The van der Waals surface area contributed by atoms with Crippen molar-refractivity contribution >= 4 is 28.6 Å². The lowest BCUT2D eigenvalue weighted by molar-refractivity contribution is -0.142. The van der Waals surface area contributed by atoms with Crippen LogP contribution in [0.5, 0.6) is 0 Å². The summed E-state index contributed by atoms with van der Waals surface area (Å²) in [6.45, 7) is 2.17. The lowest BCUT2D eigenvalue weighted by Gasteiger charge is -2.20. The molecule has 0 bridgehead atoms. The Kier molecular flexibility index (Phi) is 4.57. The van der Waals surface area contributed by atoms with Gasteiger partial charge in [0.15, 0.2) is 11.2 Å². The van der Waals surface area contributed by atoms with Crippen LogP contribution in [-0.4, -0.2) is 28.2 Å². The van der Waals surface area contributed by atoms with Crippen molar-refractivity contribution in [3.05, 3.63) is 22.5 Å². The highest BCUT2D eigenvalue weighted by Crippen LogP contribution is 2.35. The first kappa shape index (κ1) is 15.2. The predicted molar refractivity (Wildman–Crippen MR) is 84.6 cm³/mol. The zero-order chi connectivity index (χ0) is 15.5. The Balaban J connectivity index is 1.88. The van der Waals surface area contributed by atoms with Crippen LogP contribution >= 0.6 is 11.3 Å². The smallest absolute Gasteiger partial charge is 0.311 e. The second kappa shape index (κ2) is 6.60. The average molecular weight is 320 g/mol. The third kappa shape index (κ3) is 2.92. The summed E-state index contributed by atoms with van der Waals surface area (Å²) >= 11 is 1.46. The quantitative estimate of drug-likeness (QED) is 0.626. The predicted octanol–water partition coefficient (Wildman–Crippen LogP) is 3.36. The highest BCUT2D eigenvalue weighted by Gasteiger charge is 2.24. The van der Waals surface area contributed by atoms with Gasteiger partial charge in [0.1, 0.15) is 5.69 Å². The third-order valence-electron chi connectivity index (χ3n) is 4.17. The molecule has 0 radical (unpaired) electrons. The molecule has 3 rings (SSSR count). The molecular formula is C16H20N2O3S. The van der Waals surface area contributed by atoms with Crippen molar-refractivity contribution in [2.75, 3.05) is 6.61 Å². The SMILES string of the molecule is CCOC(=O)Cc1cn2c(C=O)c(C3CCCCC3)nc2s1. The fourth-order valence-corrected chi connectivity index (χ4v) is 4.13. The zero-order valence-corrected chi connectivity index (χ0v) is 13.5. The fraction of sp³-hybridized carbons (Fsp3) is 0.562. The highest BCUT2D eigenvalue weighted by molar-refractivity contribution is 7.17. The Morgan fingerprint density at radius 3 is 2.91 bits per heavy atom. The molecule has 0 aromatic carbocycles. The van der Waals surface area contributed by atoms with Gasteiger partial charge in [-0.2, -0.15) is 0 Å². The molecule has 0 unspecified atom stereocenters. The first-order valence-corrected chi connectivity index (χ1v) is 8.66. The number of carbonyl (C=O) groups is 2. The lowest BCUT2D eigenvalue weighted by atomic mass is 9.86. The minimum atomic E-state index is -0.243. The van der Waals surface area contributed by atoms with Gasteiger partial charge in [0, 0.05) is 17.0 Å². The topological polar surface area (TPSA) is 60.7 Å². The van der Waals surface area contributed by atoms with Crippen LogP contribution in [0.3, 0.4) is 0 Å². The normalized spacial score (nSPS) is 16.0. The summed E-state index contributed by atoms with van der Waals surface area (Å²) < 4.78 is 6.79. The number of fused-ring (bicyclic) bond motifs is 1. The van der Waals surface area contributed by atoms with Crippen molar-refractivity contribution in [3.63, 3.8) is 0 Å². The molecule has 1 saturated carbocycles. The number of aldehydes is 1. The minimum absolute atomic E-state index is 0.235. The van der Waals surface area contributed by atoms with Crippen molar-refractivity contribution in [1.29, 1.82) is 0 Å². The van der Waals surface area contributed by atoms with Gasteiger partial charge in [0.2, 0.25) is 0 Å². The molecule has 0 saturated heterocycles. The second-order valence-electron chi connectivity index (χ2n) is 5.67. The molecule has 6 heteroatoms. The molecule has 2 heterocycles. The number of thiazole rings is 1. The second-order valence-corrected chi connectivity index (χ2v) is 6.76. The van der Waals surface area contributed by atoms with Crippen LogP contribution < -0.4 is 0 Å². The first-order valence-electron chi connectivity index (χ1n) is 7.84. The largest absolute Gasteiger partial charge is 0.466 e. The van der Waals surface area contributed by atoms with E-state index in [1.54, 1.807) is 6.92 Å². The van der Waals surface area contributed by atoms with E-state index in [4.69, 9.17) is 4.74 Å². The van der Waals surface area contributed by atoms with Crippen molar-refractivity contribution in [1.82, 2.24) is 9.38 Å². The van der Waals surface area contributed by atoms with Crippen LogP contribution in [0, 0.1) is 0 Å². The van der Waals surface area contributed by atoms with E-state index in [2.05, 4.69) is 4.98 Å². The van der Waals surface area contributed by atoms with Gasteiger partial charge < -0.3 is 4.74 Å². The van der Waals surface area contributed by atoms with Crippen LogP contribution in [0.1, 0.15) is 66.0 Å². The Morgan fingerprint density at radius 2 is 2.23 bits per heavy atom. The Bertz CT molecular complexity index is 683. The number of imidazole rings is 1. The Hall–Kier alpha value is -1.69. The van der Waals surface area contributed by atoms with Crippen molar-refractivity contribution in [2.45, 2.75) is 51.4 Å². The van der Waals surface area contributed by atoms with E-state index in [1.807, 2.05) is 10.6 Å². The van der Waals surface area contributed by atoms with E-state index in [0.29, 0.717) is 18.2 Å². The summed E-state index contributed by atoms with van der Waals surface area (Å²) in [6.07, 6.45) is 8.90. The monoisotopic (exact) mass is 320 g/mol. The molecule has 0 N–H and O–H groups in total. The van der Waals surface area contributed by atoms with E-state index in [-0.39, 0.29) is 12.4 Å². The fourth-order valence-electron chi connectivity index (χ4n) is 3.15. The lowest BCUT2D eigenvalue weighted by Crippen LogP contribution is -2.08. The van der Waals surface area contributed by atoms with Crippen LogP contribution in [-0.2, 0) is 16.0 Å². The number of ether oxygens (including phenoxy) is 1. The average Bonchev–Trinajstić information content (AvgIpc) is 3.05. The summed E-state index contributed by atoms with van der Waals surface area (Å²) in [4.78, 5) is 29.4. The van der Waals surface area contributed by atoms with Gasteiger partial charge in [-0.1, -0.05) is 19.3 Å². The maximum atomic E-state index is 11.6. The molecule has 0 amide bonds. The molecule has 0 atom stereocenters. The van der Waals surface area contributed by atoms with Crippen molar-refractivity contribution in [2.24, 2.45) is 0 Å². The summed E-state index contributed by atoms with van der Waals surface area (Å²) in [5.74, 6) is 0.154. The van der Waals surface area contributed by atoms with Crippen LogP contribution in [0.2, 0.25) is 0 Å². The maximum Gasteiger partial charge on any atom is 0.311 e. The number of nitrogens with zero attached hydrogens (tertiary/aromatic N) is 2. The van der Waals surface area contributed by atoms with Gasteiger partial charge in [-0.3, -0.25) is 14.0 Å². The number of aromatic nitrogens is 2. The molecule has 1 fully saturated rings. The Morgan fingerprint density at radius 1 is 1.45 bits per heavy atom. The molecule has 5 nitrogen and oxygen atoms in total. The molecule has 0 spiro atoms. The summed E-state index contributed by atoms with van der Waals surface area (Å²) in [6, 6.07) is 0. The van der Waals surface area contributed by atoms with Gasteiger partial charge in [-0.25, -0.2) is 4.98 Å². The Labute approximate surface area is 133 Å². The number of hydrogen-bond donors (Lipinski definition) is 0. The number of rotatable bonds is 5. The molecule has 118 valence electrons. The van der Waals surface area contributed by atoms with Gasteiger partial charge in [-0.15, -0.1) is 11.3 Å². The molecule has 1 aliphatic rings. The summed E-state index contributed by atoms with van der Waals surface area (Å²) in [7, 11) is 0. The van der Waals surface area contributed by atoms with E-state index in [9.17, 15) is 9.59 Å². The zero-order valence-electron chi connectivity index (χ0n) is 12.7. The molecule has 1 aliphatic carbocycles. The standard InChI is InChI=1S/C16H20N2O3S/c1-2-21-14(20)8-12-9-18-13(10-19)15(17-16(18)22-12)11-6-4-3-5-7-11/h9-11H,2-8H2,1H3. The highest BCUT2D eigenvalue weighted by atomic mass is 32.1. The third-order valence-corrected chi connectivity index (χ3v) is 5.15.